The molecule has 1 aliphatic heterocycles. The van der Waals surface area contributed by atoms with Crippen LogP contribution in [0, 0.1) is 0 Å². The lowest BCUT2D eigenvalue weighted by atomic mass is 9.93. The number of hydrogen-bond donors (Lipinski definition) is 0. The molecule has 0 fully saturated rings. The summed E-state index contributed by atoms with van der Waals surface area (Å²) in [6, 6.07) is 8.65. The third-order valence-corrected chi connectivity index (χ3v) is 4.01. The van der Waals surface area contributed by atoms with Gasteiger partial charge in [0.2, 0.25) is 0 Å². The van der Waals surface area contributed by atoms with Crippen LogP contribution in [0.3, 0.4) is 0 Å². The van der Waals surface area contributed by atoms with Crippen molar-refractivity contribution in [3.63, 3.8) is 0 Å². The van der Waals surface area contributed by atoms with Crippen LogP contribution in [0.25, 0.3) is 0 Å². The Bertz CT molecular complexity index is 562. The van der Waals surface area contributed by atoms with Gasteiger partial charge in [0.05, 0.1) is 6.04 Å². The molecule has 4 heteroatoms. The first kappa shape index (κ1) is 12.7. The van der Waals surface area contributed by atoms with Gasteiger partial charge in [0, 0.05) is 23.2 Å². The molecule has 1 unspecified atom stereocenters. The molecular weight excluding hydrogens is 260 g/mol. The van der Waals surface area contributed by atoms with Gasteiger partial charge in [-0.25, -0.2) is 0 Å². The van der Waals surface area contributed by atoms with Crippen LogP contribution in [0.5, 0.6) is 0 Å². The monoisotopic (exact) mass is 276 g/mol. The Morgan fingerprint density at radius 3 is 2.74 bits per heavy atom. The zero-order valence-electron chi connectivity index (χ0n) is 11.1. The summed E-state index contributed by atoms with van der Waals surface area (Å²) >= 11 is 5.98. The Labute approximate surface area is 118 Å². The molecule has 0 amide bonds. The number of aromatic nitrogens is 1. The van der Waals surface area contributed by atoms with Gasteiger partial charge in [0.25, 0.3) is 0 Å². The van der Waals surface area contributed by atoms with E-state index < -0.39 is 0 Å². The maximum absolute atomic E-state index is 5.98. The fourth-order valence-electron chi connectivity index (χ4n) is 2.76. The molecule has 100 valence electrons. The largest absolute Gasteiger partial charge is 0.364 e. The minimum atomic E-state index is 0.166. The third kappa shape index (κ3) is 2.28. The first-order chi connectivity index (χ1) is 9.16. The van der Waals surface area contributed by atoms with Gasteiger partial charge in [-0.05, 0) is 38.0 Å². The number of halogens is 1. The first-order valence-corrected chi connectivity index (χ1v) is 6.99. The number of rotatable bonds is 2. The van der Waals surface area contributed by atoms with E-state index >= 15 is 0 Å². The zero-order valence-corrected chi connectivity index (χ0v) is 11.9. The molecule has 0 N–H and O–H groups in total. The van der Waals surface area contributed by atoms with Crippen LogP contribution in [-0.2, 0) is 6.42 Å². The van der Waals surface area contributed by atoms with Crippen molar-refractivity contribution in [3.05, 3.63) is 52.4 Å². The van der Waals surface area contributed by atoms with Crippen LogP contribution in [-0.4, -0.2) is 22.6 Å². The summed E-state index contributed by atoms with van der Waals surface area (Å²) < 4.78 is 5.17. The number of nitrogens with zero attached hydrogens (tertiary/aromatic N) is 2. The van der Waals surface area contributed by atoms with Crippen molar-refractivity contribution in [2.24, 2.45) is 0 Å². The van der Waals surface area contributed by atoms with E-state index in [1.807, 2.05) is 12.1 Å². The van der Waals surface area contributed by atoms with Crippen molar-refractivity contribution in [3.8, 4) is 0 Å². The van der Waals surface area contributed by atoms with Gasteiger partial charge >= 0.3 is 0 Å². The number of fused-ring (bicyclic) bond motifs is 1. The highest BCUT2D eigenvalue weighted by atomic mass is 35.5. The number of hydrogen-bond acceptors (Lipinski definition) is 3. The minimum absolute atomic E-state index is 0.166. The van der Waals surface area contributed by atoms with E-state index in [9.17, 15) is 0 Å². The maximum Gasteiger partial charge on any atom is 0.127 e. The van der Waals surface area contributed by atoms with E-state index in [0.29, 0.717) is 6.04 Å². The summed E-state index contributed by atoms with van der Waals surface area (Å²) in [7, 11) is 0. The highest BCUT2D eigenvalue weighted by Gasteiger charge is 2.33. The molecule has 1 aromatic heterocycles. The van der Waals surface area contributed by atoms with Crippen molar-refractivity contribution in [1.82, 2.24) is 10.1 Å². The molecule has 19 heavy (non-hydrogen) atoms. The van der Waals surface area contributed by atoms with Crippen LogP contribution >= 0.6 is 11.6 Å². The van der Waals surface area contributed by atoms with Crippen molar-refractivity contribution in [1.29, 1.82) is 0 Å². The van der Waals surface area contributed by atoms with Crippen molar-refractivity contribution >= 4 is 11.6 Å². The van der Waals surface area contributed by atoms with Crippen LogP contribution in [0.1, 0.15) is 36.7 Å². The minimum Gasteiger partial charge on any atom is -0.364 e. The van der Waals surface area contributed by atoms with Crippen LogP contribution in [0.4, 0.5) is 0 Å². The van der Waals surface area contributed by atoms with E-state index in [1.54, 1.807) is 6.26 Å². The first-order valence-electron chi connectivity index (χ1n) is 6.61. The van der Waals surface area contributed by atoms with Gasteiger partial charge in [-0.15, -0.1) is 0 Å². The molecule has 0 aliphatic carbocycles. The summed E-state index contributed by atoms with van der Waals surface area (Å²) in [6.45, 7) is 5.46. The molecule has 0 bridgehead atoms. The normalized spacial score (nSPS) is 19.7. The highest BCUT2D eigenvalue weighted by Crippen LogP contribution is 2.35. The van der Waals surface area contributed by atoms with Gasteiger partial charge < -0.3 is 4.52 Å². The van der Waals surface area contributed by atoms with Crippen LogP contribution in [0.2, 0.25) is 5.02 Å². The Morgan fingerprint density at radius 1 is 1.32 bits per heavy atom. The summed E-state index contributed by atoms with van der Waals surface area (Å²) in [6.07, 6.45) is 2.77. The smallest absolute Gasteiger partial charge is 0.127 e. The molecule has 1 aromatic carbocycles. The molecule has 2 heterocycles. The predicted molar refractivity (Wildman–Crippen MR) is 75.3 cm³/mol. The maximum atomic E-state index is 5.98. The lowest BCUT2D eigenvalue weighted by molar-refractivity contribution is 0.162. The molecule has 0 saturated heterocycles. The summed E-state index contributed by atoms with van der Waals surface area (Å²) in [5.41, 5.74) is 3.48. The lowest BCUT2D eigenvalue weighted by Crippen LogP contribution is -2.40. The second-order valence-corrected chi connectivity index (χ2v) is 5.70. The third-order valence-electron chi connectivity index (χ3n) is 3.75. The average Bonchev–Trinajstić information content (AvgIpc) is 2.86. The molecule has 2 aromatic rings. The van der Waals surface area contributed by atoms with Gasteiger partial charge in [0.1, 0.15) is 12.0 Å². The molecule has 0 saturated carbocycles. The molecule has 0 radical (unpaired) electrons. The Balaban J connectivity index is 2.06. The van der Waals surface area contributed by atoms with E-state index in [0.717, 1.165) is 23.7 Å². The zero-order chi connectivity index (χ0) is 13.4. The summed E-state index contributed by atoms with van der Waals surface area (Å²) in [5, 5.41) is 4.98. The van der Waals surface area contributed by atoms with Gasteiger partial charge in [-0.2, -0.15) is 0 Å². The Hall–Kier alpha value is -1.32. The van der Waals surface area contributed by atoms with Crippen molar-refractivity contribution < 1.29 is 4.52 Å². The second kappa shape index (κ2) is 4.99. The molecule has 0 spiro atoms. The van der Waals surface area contributed by atoms with Crippen LogP contribution in [0.15, 0.2) is 35.1 Å². The molecular formula is C15H17ClN2O. The standard InChI is InChI=1S/C15H17ClN2O/c1-10(2)18-8-7-12-9-19-17-14(12)15(18)11-3-5-13(16)6-4-11/h3-6,9-10,15H,7-8H2,1-2H3. The fourth-order valence-corrected chi connectivity index (χ4v) is 2.89. The SMILES string of the molecule is CC(C)N1CCc2conc2C1c1ccc(Cl)cc1. The Morgan fingerprint density at radius 2 is 2.05 bits per heavy atom. The van der Waals surface area contributed by atoms with Gasteiger partial charge in [-0.3, -0.25) is 4.90 Å². The van der Waals surface area contributed by atoms with Crippen molar-refractivity contribution in [2.45, 2.75) is 32.4 Å². The van der Waals surface area contributed by atoms with Crippen molar-refractivity contribution in [2.75, 3.05) is 6.54 Å². The van der Waals surface area contributed by atoms with E-state index in [1.165, 1.54) is 11.1 Å². The predicted octanol–water partition coefficient (Wildman–Crippen LogP) is 3.68. The molecule has 1 atom stereocenters. The van der Waals surface area contributed by atoms with Gasteiger partial charge in [-0.1, -0.05) is 28.9 Å². The molecule has 1 aliphatic rings. The average molecular weight is 277 g/mol. The number of benzene rings is 1. The highest BCUT2D eigenvalue weighted by molar-refractivity contribution is 6.30. The quantitative estimate of drug-likeness (QED) is 0.838. The lowest BCUT2D eigenvalue weighted by Gasteiger charge is -2.37. The van der Waals surface area contributed by atoms with E-state index in [2.05, 4.69) is 36.0 Å². The topological polar surface area (TPSA) is 29.3 Å². The summed E-state index contributed by atoms with van der Waals surface area (Å²) in [4.78, 5) is 2.45. The van der Waals surface area contributed by atoms with E-state index in [-0.39, 0.29) is 6.04 Å². The fraction of sp³-hybridized carbons (Fsp3) is 0.400. The molecule has 3 rings (SSSR count). The van der Waals surface area contributed by atoms with E-state index in [4.69, 9.17) is 16.1 Å². The Kier molecular flexibility index (Phi) is 3.33. The van der Waals surface area contributed by atoms with Gasteiger partial charge in [0.15, 0.2) is 0 Å². The molecule has 3 nitrogen and oxygen atoms in total. The van der Waals surface area contributed by atoms with Crippen LogP contribution < -0.4 is 0 Å². The second-order valence-electron chi connectivity index (χ2n) is 5.26. The summed E-state index contributed by atoms with van der Waals surface area (Å²) in [5.74, 6) is 0.